The molecule has 1 saturated heterocycles. The predicted octanol–water partition coefficient (Wildman–Crippen LogP) is 2.77. The highest BCUT2D eigenvalue weighted by atomic mass is 16.5. The lowest BCUT2D eigenvalue weighted by Crippen LogP contribution is -2.40. The van der Waals surface area contributed by atoms with Crippen molar-refractivity contribution in [2.75, 3.05) is 32.8 Å². The van der Waals surface area contributed by atoms with Crippen LogP contribution in [0.3, 0.4) is 0 Å². The normalized spacial score (nSPS) is 14.1. The summed E-state index contributed by atoms with van der Waals surface area (Å²) in [4.78, 5) is 27.0. The van der Waals surface area contributed by atoms with Crippen LogP contribution < -0.4 is 5.32 Å². The summed E-state index contributed by atoms with van der Waals surface area (Å²) < 4.78 is 5.33. The van der Waals surface area contributed by atoms with Crippen LogP contribution >= 0.6 is 0 Å². The van der Waals surface area contributed by atoms with Crippen LogP contribution in [0.4, 0.5) is 0 Å². The molecule has 2 aromatic rings. The van der Waals surface area contributed by atoms with E-state index in [2.05, 4.69) is 11.4 Å². The molecule has 0 aliphatic carbocycles. The molecule has 1 aliphatic heterocycles. The summed E-state index contributed by atoms with van der Waals surface area (Å²) in [5, 5.41) is 2.88. The summed E-state index contributed by atoms with van der Waals surface area (Å²) in [5.74, 6) is -0.133. The van der Waals surface area contributed by atoms with E-state index < -0.39 is 0 Å². The van der Waals surface area contributed by atoms with Gasteiger partial charge in [-0.3, -0.25) is 9.59 Å². The Morgan fingerprint density at radius 1 is 1.19 bits per heavy atom. The molecule has 5 nitrogen and oxygen atoms in total. The number of amides is 2. The Kier molecular flexibility index (Phi) is 6.02. The molecule has 5 heteroatoms. The van der Waals surface area contributed by atoms with Crippen molar-refractivity contribution in [2.45, 2.75) is 13.3 Å². The summed E-state index contributed by atoms with van der Waals surface area (Å²) in [5.41, 5.74) is 2.71. The van der Waals surface area contributed by atoms with Crippen LogP contribution in [0.2, 0.25) is 0 Å². The van der Waals surface area contributed by atoms with Crippen molar-refractivity contribution in [3.63, 3.8) is 0 Å². The molecule has 1 radical (unpaired) electrons. The number of ether oxygens (including phenoxy) is 1. The van der Waals surface area contributed by atoms with E-state index in [9.17, 15) is 9.59 Å². The largest absolute Gasteiger partial charge is 0.378 e. The fourth-order valence-electron chi connectivity index (χ4n) is 2.95. The molecule has 3 rings (SSSR count). The Hall–Kier alpha value is -2.66. The van der Waals surface area contributed by atoms with Gasteiger partial charge in [-0.1, -0.05) is 31.2 Å². The first-order valence-corrected chi connectivity index (χ1v) is 8.97. The highest BCUT2D eigenvalue weighted by Gasteiger charge is 2.21. The first-order valence-electron chi connectivity index (χ1n) is 8.97. The summed E-state index contributed by atoms with van der Waals surface area (Å²) in [6.45, 7) is 4.95. The molecule has 1 heterocycles. The van der Waals surface area contributed by atoms with Gasteiger partial charge in [0, 0.05) is 36.3 Å². The van der Waals surface area contributed by atoms with Crippen LogP contribution in [-0.4, -0.2) is 49.6 Å². The number of benzene rings is 2. The average Bonchev–Trinajstić information content (AvgIpc) is 2.72. The van der Waals surface area contributed by atoms with E-state index in [1.54, 1.807) is 17.0 Å². The number of hydrogen-bond donors (Lipinski definition) is 1. The minimum Gasteiger partial charge on any atom is -0.378 e. The quantitative estimate of drug-likeness (QED) is 0.901. The highest BCUT2D eigenvalue weighted by molar-refractivity contribution is 6.02. The van der Waals surface area contributed by atoms with Crippen molar-refractivity contribution in [3.05, 3.63) is 59.7 Å². The first kappa shape index (κ1) is 18.1. The van der Waals surface area contributed by atoms with Gasteiger partial charge in [0.2, 0.25) is 0 Å². The number of hydrogen-bond acceptors (Lipinski definition) is 3. The maximum atomic E-state index is 12.9. The molecule has 0 saturated carbocycles. The number of carbonyl (C=O) groups excluding carboxylic acids is 2. The molecule has 0 aromatic heterocycles. The van der Waals surface area contributed by atoms with E-state index in [-0.39, 0.29) is 11.8 Å². The lowest BCUT2D eigenvalue weighted by atomic mass is 9.97. The van der Waals surface area contributed by atoms with Crippen molar-refractivity contribution in [1.82, 2.24) is 10.2 Å². The van der Waals surface area contributed by atoms with Crippen LogP contribution in [-0.2, 0) is 4.74 Å². The Morgan fingerprint density at radius 2 is 2.00 bits per heavy atom. The zero-order valence-electron chi connectivity index (χ0n) is 15.0. The average molecular weight is 351 g/mol. The lowest BCUT2D eigenvalue weighted by Gasteiger charge is -2.27. The number of nitrogens with one attached hydrogen (secondary N) is 1. The predicted molar refractivity (Wildman–Crippen MR) is 100 cm³/mol. The molecule has 2 amide bonds. The monoisotopic (exact) mass is 351 g/mol. The third kappa shape index (κ3) is 4.11. The second kappa shape index (κ2) is 8.63. The van der Waals surface area contributed by atoms with E-state index in [0.29, 0.717) is 49.5 Å². The van der Waals surface area contributed by atoms with Gasteiger partial charge < -0.3 is 15.0 Å². The maximum absolute atomic E-state index is 12.9. The molecule has 135 valence electrons. The summed E-state index contributed by atoms with van der Waals surface area (Å²) >= 11 is 0. The molecular formula is C21H23N2O3. The Labute approximate surface area is 154 Å². The van der Waals surface area contributed by atoms with Crippen molar-refractivity contribution in [1.29, 1.82) is 0 Å². The smallest absolute Gasteiger partial charge is 0.254 e. The molecule has 0 bridgehead atoms. The van der Waals surface area contributed by atoms with Crippen molar-refractivity contribution >= 4 is 11.8 Å². The standard InChI is InChI=1S/C21H23N2O3/c1-2-10-22-20(24)17-7-5-6-16(15-17)18-8-3-4-9-19(18)21(25)23-11-13-26-14-12-23/h3-7,9,15H,2,10-14H2,1H3,(H,22,24). The molecule has 1 N–H and O–H groups in total. The lowest BCUT2D eigenvalue weighted by molar-refractivity contribution is 0.0303. The summed E-state index contributed by atoms with van der Waals surface area (Å²) in [6, 6.07) is 15.9. The maximum Gasteiger partial charge on any atom is 0.254 e. The third-order valence-electron chi connectivity index (χ3n) is 4.33. The molecule has 1 fully saturated rings. The van der Waals surface area contributed by atoms with Crippen LogP contribution in [0.25, 0.3) is 11.1 Å². The van der Waals surface area contributed by atoms with Crippen LogP contribution in [0.15, 0.2) is 42.5 Å². The zero-order chi connectivity index (χ0) is 18.4. The number of carbonyl (C=O) groups is 2. The fourth-order valence-corrected chi connectivity index (χ4v) is 2.95. The van der Waals surface area contributed by atoms with Gasteiger partial charge in [-0.05, 0) is 36.2 Å². The van der Waals surface area contributed by atoms with Gasteiger partial charge in [-0.15, -0.1) is 0 Å². The van der Waals surface area contributed by atoms with Gasteiger partial charge in [-0.2, -0.15) is 0 Å². The topological polar surface area (TPSA) is 58.6 Å². The molecule has 1 aliphatic rings. The molecule has 2 aromatic carbocycles. The second-order valence-electron chi connectivity index (χ2n) is 6.20. The van der Waals surface area contributed by atoms with E-state index in [1.165, 1.54) is 0 Å². The SMILES string of the molecule is CCCNC(=O)c1cccc(-c2[c]cccc2C(=O)N2CCOCC2)c1. The van der Waals surface area contributed by atoms with Gasteiger partial charge in [0.25, 0.3) is 11.8 Å². The molecule has 0 unspecified atom stereocenters. The highest BCUT2D eigenvalue weighted by Crippen LogP contribution is 2.25. The van der Waals surface area contributed by atoms with Gasteiger partial charge in [-0.25, -0.2) is 0 Å². The Balaban J connectivity index is 1.90. The van der Waals surface area contributed by atoms with Crippen molar-refractivity contribution in [3.8, 4) is 11.1 Å². The second-order valence-corrected chi connectivity index (χ2v) is 6.20. The molecule has 26 heavy (non-hydrogen) atoms. The zero-order valence-corrected chi connectivity index (χ0v) is 15.0. The Bertz CT molecular complexity index is 782. The van der Waals surface area contributed by atoms with E-state index in [0.717, 1.165) is 12.0 Å². The van der Waals surface area contributed by atoms with E-state index in [4.69, 9.17) is 4.74 Å². The van der Waals surface area contributed by atoms with Crippen molar-refractivity contribution < 1.29 is 14.3 Å². The van der Waals surface area contributed by atoms with Gasteiger partial charge in [0.1, 0.15) is 0 Å². The fraction of sp³-hybridized carbons (Fsp3) is 0.333. The van der Waals surface area contributed by atoms with E-state index in [1.807, 2.05) is 37.3 Å². The minimum atomic E-state index is -0.106. The van der Waals surface area contributed by atoms with Crippen LogP contribution in [0.5, 0.6) is 0 Å². The number of nitrogens with zero attached hydrogens (tertiary/aromatic N) is 1. The number of rotatable bonds is 5. The minimum absolute atomic E-state index is 0.0269. The van der Waals surface area contributed by atoms with Crippen LogP contribution in [0, 0.1) is 6.07 Å². The summed E-state index contributed by atoms with van der Waals surface area (Å²) in [7, 11) is 0. The Morgan fingerprint density at radius 3 is 2.77 bits per heavy atom. The van der Waals surface area contributed by atoms with Crippen LogP contribution in [0.1, 0.15) is 34.1 Å². The molecule has 0 atom stereocenters. The van der Waals surface area contributed by atoms with Gasteiger partial charge in [0.05, 0.1) is 13.2 Å². The molecule has 0 spiro atoms. The van der Waals surface area contributed by atoms with Crippen molar-refractivity contribution in [2.24, 2.45) is 0 Å². The number of morpholine rings is 1. The molecular weight excluding hydrogens is 328 g/mol. The third-order valence-corrected chi connectivity index (χ3v) is 4.33. The first-order chi connectivity index (χ1) is 12.7. The van der Waals surface area contributed by atoms with Gasteiger partial charge in [0.15, 0.2) is 0 Å². The van der Waals surface area contributed by atoms with Gasteiger partial charge >= 0.3 is 0 Å². The summed E-state index contributed by atoms with van der Waals surface area (Å²) in [6.07, 6.45) is 0.885. The van der Waals surface area contributed by atoms with E-state index >= 15 is 0 Å².